The van der Waals surface area contributed by atoms with Gasteiger partial charge in [-0.3, -0.25) is 0 Å². The van der Waals surface area contributed by atoms with Crippen LogP contribution in [0.15, 0.2) is 29.7 Å². The average molecular weight is 225 g/mol. The fraction of sp³-hybridized carbons (Fsp3) is 0.333. The highest BCUT2D eigenvalue weighted by Gasteiger charge is 2.16. The molecule has 0 atom stereocenters. The average Bonchev–Trinajstić information content (AvgIpc) is 2.26. The van der Waals surface area contributed by atoms with E-state index in [1.807, 2.05) is 18.2 Å². The van der Waals surface area contributed by atoms with Crippen LogP contribution in [0.3, 0.4) is 0 Å². The quantitative estimate of drug-likeness (QED) is 0.777. The van der Waals surface area contributed by atoms with Crippen molar-refractivity contribution in [1.82, 2.24) is 0 Å². The van der Waals surface area contributed by atoms with Crippen molar-refractivity contribution in [1.29, 1.82) is 0 Å². The number of hydrogen-bond donors (Lipinski definition) is 0. The highest BCUT2D eigenvalue weighted by molar-refractivity contribution is 6.28. The first-order valence-corrected chi connectivity index (χ1v) is 5.51. The van der Waals surface area contributed by atoms with Crippen molar-refractivity contribution in [2.24, 2.45) is 0 Å². The predicted octanol–water partition coefficient (Wildman–Crippen LogP) is 3.84. The number of unbranched alkanes of at least 4 members (excludes halogenated alkanes) is 1. The van der Waals surface area contributed by atoms with E-state index in [1.54, 1.807) is 0 Å². The van der Waals surface area contributed by atoms with Crippen molar-refractivity contribution in [3.8, 4) is 11.5 Å². The van der Waals surface area contributed by atoms with Crippen LogP contribution in [0, 0.1) is 0 Å². The van der Waals surface area contributed by atoms with Gasteiger partial charge in [0.2, 0.25) is 5.22 Å². The number of halogens is 1. The maximum atomic E-state index is 5.76. The minimum Gasteiger partial charge on any atom is -0.456 e. The first-order valence-electron chi connectivity index (χ1n) is 5.13. The Balaban J connectivity index is 2.26. The van der Waals surface area contributed by atoms with Crippen molar-refractivity contribution >= 4 is 11.6 Å². The topological polar surface area (TPSA) is 18.5 Å². The van der Waals surface area contributed by atoms with Crippen molar-refractivity contribution < 1.29 is 9.47 Å². The van der Waals surface area contributed by atoms with Gasteiger partial charge in [-0.15, -0.1) is 0 Å². The molecular weight excluding hydrogens is 212 g/mol. The lowest BCUT2D eigenvalue weighted by molar-refractivity contribution is 0.346. The van der Waals surface area contributed by atoms with E-state index in [0.717, 1.165) is 36.3 Å². The normalized spacial score (nSPS) is 13.6. The largest absolute Gasteiger partial charge is 0.456 e. The highest BCUT2D eigenvalue weighted by atomic mass is 35.5. The Morgan fingerprint density at radius 1 is 1.33 bits per heavy atom. The van der Waals surface area contributed by atoms with Gasteiger partial charge in [0.15, 0.2) is 11.5 Å². The molecule has 0 saturated heterocycles. The number of para-hydroxylation sites is 1. The van der Waals surface area contributed by atoms with Crippen LogP contribution in [-0.2, 0) is 6.42 Å². The highest BCUT2D eigenvalue weighted by Crippen LogP contribution is 2.37. The van der Waals surface area contributed by atoms with Gasteiger partial charge in [-0.2, -0.15) is 0 Å². The summed E-state index contributed by atoms with van der Waals surface area (Å²) in [5.41, 5.74) is 1.15. The maximum absolute atomic E-state index is 5.76. The molecule has 1 heterocycles. The molecule has 80 valence electrons. The second kappa shape index (κ2) is 4.58. The molecule has 0 spiro atoms. The van der Waals surface area contributed by atoms with Crippen molar-refractivity contribution in [3.63, 3.8) is 0 Å². The summed E-state index contributed by atoms with van der Waals surface area (Å²) in [5.74, 6) is 1.51. The summed E-state index contributed by atoms with van der Waals surface area (Å²) in [6, 6.07) is 5.90. The Morgan fingerprint density at radius 2 is 2.20 bits per heavy atom. The zero-order chi connectivity index (χ0) is 10.7. The Hall–Kier alpha value is -1.15. The molecule has 1 aromatic carbocycles. The number of ether oxygens (including phenoxy) is 2. The van der Waals surface area contributed by atoms with Gasteiger partial charge in [0.1, 0.15) is 6.26 Å². The van der Waals surface area contributed by atoms with Gasteiger partial charge >= 0.3 is 0 Å². The summed E-state index contributed by atoms with van der Waals surface area (Å²) in [6.07, 6.45) is 4.70. The summed E-state index contributed by atoms with van der Waals surface area (Å²) in [7, 11) is 0. The molecule has 2 rings (SSSR count). The molecule has 0 radical (unpaired) electrons. The van der Waals surface area contributed by atoms with Gasteiger partial charge in [0.05, 0.1) is 0 Å². The van der Waals surface area contributed by atoms with Crippen LogP contribution in [0.4, 0.5) is 0 Å². The molecule has 3 heteroatoms. The van der Waals surface area contributed by atoms with E-state index in [4.69, 9.17) is 21.1 Å². The third-order valence-electron chi connectivity index (χ3n) is 2.34. The molecule has 0 N–H and O–H groups in total. The number of aryl methyl sites for hydroxylation is 1. The van der Waals surface area contributed by atoms with E-state index in [-0.39, 0.29) is 5.22 Å². The van der Waals surface area contributed by atoms with E-state index < -0.39 is 0 Å². The molecule has 0 aliphatic carbocycles. The third kappa shape index (κ3) is 2.26. The van der Waals surface area contributed by atoms with Gasteiger partial charge in [-0.25, -0.2) is 0 Å². The van der Waals surface area contributed by atoms with Crippen LogP contribution in [0.1, 0.15) is 25.3 Å². The van der Waals surface area contributed by atoms with Crippen LogP contribution < -0.4 is 9.47 Å². The molecule has 0 unspecified atom stereocenters. The molecule has 0 amide bonds. The lowest BCUT2D eigenvalue weighted by Crippen LogP contribution is -2.03. The summed E-state index contributed by atoms with van der Waals surface area (Å²) in [4.78, 5) is 0. The van der Waals surface area contributed by atoms with E-state index in [9.17, 15) is 0 Å². The standard InChI is InChI=1S/C12H13ClO2/c1-2-3-5-9-6-4-7-10-12(9)15-11(13)8-14-10/h4,6-8H,2-3,5H2,1H3. The second-order valence-electron chi connectivity index (χ2n) is 3.49. The van der Waals surface area contributed by atoms with Crippen LogP contribution in [0.5, 0.6) is 11.5 Å². The van der Waals surface area contributed by atoms with Gasteiger partial charge in [0, 0.05) is 0 Å². The van der Waals surface area contributed by atoms with Crippen LogP contribution >= 0.6 is 11.6 Å². The van der Waals surface area contributed by atoms with Crippen LogP contribution in [0.25, 0.3) is 0 Å². The predicted molar refractivity (Wildman–Crippen MR) is 60.2 cm³/mol. The zero-order valence-corrected chi connectivity index (χ0v) is 9.38. The first kappa shape index (κ1) is 10.4. The molecule has 0 fully saturated rings. The fourth-order valence-corrected chi connectivity index (χ4v) is 1.69. The first-order chi connectivity index (χ1) is 7.31. The SMILES string of the molecule is CCCCc1cccc2c1OC(Cl)=CO2. The smallest absolute Gasteiger partial charge is 0.229 e. The number of benzene rings is 1. The van der Waals surface area contributed by atoms with Gasteiger partial charge in [0.25, 0.3) is 0 Å². The van der Waals surface area contributed by atoms with Gasteiger partial charge < -0.3 is 9.47 Å². The summed E-state index contributed by atoms with van der Waals surface area (Å²) < 4.78 is 10.8. The molecule has 1 aliphatic rings. The zero-order valence-electron chi connectivity index (χ0n) is 8.63. The Kier molecular flexibility index (Phi) is 3.17. The van der Waals surface area contributed by atoms with E-state index >= 15 is 0 Å². The van der Waals surface area contributed by atoms with E-state index in [2.05, 4.69) is 6.92 Å². The van der Waals surface area contributed by atoms with Crippen molar-refractivity contribution in [2.75, 3.05) is 0 Å². The Morgan fingerprint density at radius 3 is 3.00 bits per heavy atom. The molecule has 2 nitrogen and oxygen atoms in total. The number of rotatable bonds is 3. The molecule has 0 saturated carbocycles. The summed E-state index contributed by atoms with van der Waals surface area (Å²) >= 11 is 5.76. The monoisotopic (exact) mass is 224 g/mol. The fourth-order valence-electron chi connectivity index (χ4n) is 1.57. The van der Waals surface area contributed by atoms with E-state index in [0.29, 0.717) is 0 Å². The summed E-state index contributed by atoms with van der Waals surface area (Å²) in [6.45, 7) is 2.17. The molecule has 0 aromatic heterocycles. The molecule has 0 bridgehead atoms. The van der Waals surface area contributed by atoms with Gasteiger partial charge in [-0.05, 0) is 36.1 Å². The third-order valence-corrected chi connectivity index (χ3v) is 2.50. The second-order valence-corrected chi connectivity index (χ2v) is 3.86. The van der Waals surface area contributed by atoms with Gasteiger partial charge in [-0.1, -0.05) is 25.5 Å². The summed E-state index contributed by atoms with van der Waals surface area (Å²) in [5, 5.41) is 0.284. The van der Waals surface area contributed by atoms with Crippen molar-refractivity contribution in [2.45, 2.75) is 26.2 Å². The molecular formula is C12H13ClO2. The number of hydrogen-bond acceptors (Lipinski definition) is 2. The minimum atomic E-state index is 0.284. The van der Waals surface area contributed by atoms with E-state index in [1.165, 1.54) is 6.26 Å². The van der Waals surface area contributed by atoms with Crippen molar-refractivity contribution in [3.05, 3.63) is 35.2 Å². The minimum absolute atomic E-state index is 0.284. The maximum Gasteiger partial charge on any atom is 0.229 e. The molecule has 15 heavy (non-hydrogen) atoms. The number of fused-ring (bicyclic) bond motifs is 1. The Labute approximate surface area is 94.5 Å². The molecule has 1 aliphatic heterocycles. The lowest BCUT2D eigenvalue weighted by Gasteiger charge is -2.17. The lowest BCUT2D eigenvalue weighted by atomic mass is 10.1. The van der Waals surface area contributed by atoms with Crippen LogP contribution in [0.2, 0.25) is 0 Å². The Bertz CT molecular complexity index is 385. The van der Waals surface area contributed by atoms with Crippen LogP contribution in [-0.4, -0.2) is 0 Å². The molecule has 1 aromatic rings.